The van der Waals surface area contributed by atoms with Crippen LogP contribution in [0.5, 0.6) is 5.75 Å². The van der Waals surface area contributed by atoms with E-state index >= 15 is 0 Å². The van der Waals surface area contributed by atoms with E-state index in [1.165, 1.54) is 13.2 Å². The van der Waals surface area contributed by atoms with Gasteiger partial charge in [0.1, 0.15) is 11.3 Å². The molecule has 0 saturated heterocycles. The molecule has 1 saturated carbocycles. The highest BCUT2D eigenvalue weighted by Gasteiger charge is 2.37. The van der Waals surface area contributed by atoms with Gasteiger partial charge in [0.15, 0.2) is 11.6 Å². The summed E-state index contributed by atoms with van der Waals surface area (Å²) in [5.41, 5.74) is 0.264. The average Bonchev–Trinajstić information content (AvgIpc) is 2.98. The molecule has 2 N–H and O–H groups in total. The van der Waals surface area contributed by atoms with Crippen molar-refractivity contribution in [3.8, 4) is 5.75 Å². The number of aromatic nitrogens is 2. The van der Waals surface area contributed by atoms with Crippen LogP contribution in [0.2, 0.25) is 0 Å². The Kier molecular flexibility index (Phi) is 4.71. The second-order valence-electron chi connectivity index (χ2n) is 6.22. The molecule has 1 heterocycles. The lowest BCUT2D eigenvalue weighted by Crippen LogP contribution is -2.41. The van der Waals surface area contributed by atoms with Gasteiger partial charge >= 0.3 is 0 Å². The van der Waals surface area contributed by atoms with Crippen LogP contribution in [0.25, 0.3) is 0 Å². The molecule has 134 valence electrons. The number of carbonyl (C=O) groups is 1. The number of aliphatic hydroxyl groups excluding tert-OH is 1. The van der Waals surface area contributed by atoms with E-state index in [1.807, 2.05) is 0 Å². The maximum atomic E-state index is 14.1. The minimum Gasteiger partial charge on any atom is -0.496 e. The highest BCUT2D eigenvalue weighted by molar-refractivity contribution is 5.97. The van der Waals surface area contributed by atoms with E-state index in [2.05, 4.69) is 10.4 Å². The van der Waals surface area contributed by atoms with Crippen molar-refractivity contribution in [3.05, 3.63) is 47.3 Å². The summed E-state index contributed by atoms with van der Waals surface area (Å²) >= 11 is 0. The molecule has 1 atom stereocenters. The molecule has 1 aliphatic rings. The van der Waals surface area contributed by atoms with Crippen LogP contribution < -0.4 is 10.1 Å². The van der Waals surface area contributed by atoms with Crippen LogP contribution in [0.3, 0.4) is 0 Å². The molecule has 0 radical (unpaired) electrons. The van der Waals surface area contributed by atoms with Crippen molar-refractivity contribution in [2.45, 2.75) is 25.0 Å². The first-order chi connectivity index (χ1) is 11.9. The average molecular weight is 351 g/mol. The van der Waals surface area contributed by atoms with Gasteiger partial charge in [-0.05, 0) is 30.9 Å². The lowest BCUT2D eigenvalue weighted by atomic mass is 9.75. The first-order valence-corrected chi connectivity index (χ1v) is 7.90. The van der Waals surface area contributed by atoms with Crippen molar-refractivity contribution in [3.63, 3.8) is 0 Å². The first kappa shape index (κ1) is 17.3. The number of nitrogens with zero attached hydrogens (tertiary/aromatic N) is 2. The Labute approximate surface area is 143 Å². The number of aliphatic hydroxyl groups is 1. The lowest BCUT2D eigenvalue weighted by Gasteiger charge is -2.37. The fourth-order valence-electron chi connectivity index (χ4n) is 3.10. The molecular weight excluding hydrogens is 332 g/mol. The molecule has 25 heavy (non-hydrogen) atoms. The van der Waals surface area contributed by atoms with Crippen molar-refractivity contribution in [2.75, 3.05) is 7.11 Å². The van der Waals surface area contributed by atoms with Crippen molar-refractivity contribution in [1.82, 2.24) is 15.1 Å². The number of carbonyl (C=O) groups excluding carboxylic acids is 1. The largest absolute Gasteiger partial charge is 0.496 e. The summed E-state index contributed by atoms with van der Waals surface area (Å²) < 4.78 is 34.3. The zero-order chi connectivity index (χ0) is 18.1. The minimum atomic E-state index is -1.25. The number of amides is 1. The molecule has 1 fully saturated rings. The minimum absolute atomic E-state index is 0.00855. The zero-order valence-electron chi connectivity index (χ0n) is 13.9. The fraction of sp³-hybridized carbons (Fsp3) is 0.412. The van der Waals surface area contributed by atoms with Crippen molar-refractivity contribution in [1.29, 1.82) is 0 Å². The predicted octanol–water partition coefficient (Wildman–Crippen LogP) is 1.95. The van der Waals surface area contributed by atoms with Gasteiger partial charge in [-0.15, -0.1) is 0 Å². The fourth-order valence-corrected chi connectivity index (χ4v) is 3.10. The molecule has 8 heteroatoms. The van der Waals surface area contributed by atoms with E-state index in [1.54, 1.807) is 24.1 Å². The molecule has 0 aliphatic heterocycles. The van der Waals surface area contributed by atoms with Gasteiger partial charge in [-0.25, -0.2) is 8.78 Å². The molecule has 1 aromatic carbocycles. The smallest absolute Gasteiger partial charge is 0.258 e. The monoisotopic (exact) mass is 351 g/mol. The first-order valence-electron chi connectivity index (χ1n) is 7.90. The predicted molar refractivity (Wildman–Crippen MR) is 85.1 cm³/mol. The lowest BCUT2D eigenvalue weighted by molar-refractivity contribution is 0.0234. The van der Waals surface area contributed by atoms with E-state index in [-0.39, 0.29) is 11.7 Å². The van der Waals surface area contributed by atoms with Crippen LogP contribution in [0.1, 0.15) is 34.8 Å². The van der Waals surface area contributed by atoms with Gasteiger partial charge in [0.2, 0.25) is 0 Å². The standard InChI is InChI=1S/C17H19F2N3O3/c1-22-8-10(7-20-22)16(9-5-11(23)6-9)21-17(24)14-13(25-2)4-3-12(18)15(14)19/h3-4,7-9,11,16,23H,5-6H2,1-2H3,(H,21,24). The number of benzene rings is 1. The van der Waals surface area contributed by atoms with Gasteiger partial charge in [0.25, 0.3) is 5.91 Å². The molecule has 0 spiro atoms. The number of aryl methyl sites for hydroxylation is 1. The third-order valence-electron chi connectivity index (χ3n) is 4.50. The summed E-state index contributed by atoms with van der Waals surface area (Å²) in [5, 5.41) is 16.4. The third-order valence-corrected chi connectivity index (χ3v) is 4.50. The van der Waals surface area contributed by atoms with E-state index in [0.717, 1.165) is 11.6 Å². The van der Waals surface area contributed by atoms with Gasteiger partial charge in [0, 0.05) is 18.8 Å². The van der Waals surface area contributed by atoms with Crippen LogP contribution in [-0.4, -0.2) is 34.0 Å². The zero-order valence-corrected chi connectivity index (χ0v) is 13.9. The second-order valence-corrected chi connectivity index (χ2v) is 6.22. The number of rotatable bonds is 5. The number of halogens is 2. The van der Waals surface area contributed by atoms with E-state index in [0.29, 0.717) is 12.8 Å². The number of hydrogen-bond donors (Lipinski definition) is 2. The topological polar surface area (TPSA) is 76.4 Å². The SMILES string of the molecule is COc1ccc(F)c(F)c1C(=O)NC(c1cnn(C)c1)C1CC(O)C1. The van der Waals surface area contributed by atoms with Crippen LogP contribution in [0, 0.1) is 17.6 Å². The summed E-state index contributed by atoms with van der Waals surface area (Å²) in [5.74, 6) is -3.21. The van der Waals surface area contributed by atoms with Crippen LogP contribution in [0.4, 0.5) is 8.78 Å². The number of ether oxygens (including phenoxy) is 1. The van der Waals surface area contributed by atoms with Crippen molar-refractivity contribution >= 4 is 5.91 Å². The quantitative estimate of drug-likeness (QED) is 0.863. The molecule has 1 aromatic heterocycles. The maximum Gasteiger partial charge on any atom is 0.258 e. The van der Waals surface area contributed by atoms with Crippen LogP contribution in [0.15, 0.2) is 24.5 Å². The van der Waals surface area contributed by atoms with Gasteiger partial charge in [-0.1, -0.05) is 0 Å². The van der Waals surface area contributed by atoms with Gasteiger partial charge in [-0.3, -0.25) is 9.48 Å². The molecule has 1 aliphatic carbocycles. The van der Waals surface area contributed by atoms with Crippen LogP contribution >= 0.6 is 0 Å². The Balaban J connectivity index is 1.90. The second kappa shape index (κ2) is 6.79. The normalized spacial score (nSPS) is 20.7. The summed E-state index contributed by atoms with van der Waals surface area (Å²) in [6, 6.07) is 1.66. The Morgan fingerprint density at radius 1 is 1.44 bits per heavy atom. The molecule has 0 bridgehead atoms. The number of methoxy groups -OCH3 is 1. The Morgan fingerprint density at radius 3 is 2.72 bits per heavy atom. The third kappa shape index (κ3) is 3.34. The maximum absolute atomic E-state index is 14.1. The van der Waals surface area contributed by atoms with Crippen molar-refractivity contribution in [2.24, 2.45) is 13.0 Å². The Hall–Kier alpha value is -2.48. The highest BCUT2D eigenvalue weighted by Crippen LogP contribution is 2.38. The Bertz CT molecular complexity index is 787. The summed E-state index contributed by atoms with van der Waals surface area (Å²) in [7, 11) is 3.03. The summed E-state index contributed by atoms with van der Waals surface area (Å²) in [6.45, 7) is 0. The van der Waals surface area contributed by atoms with Crippen molar-refractivity contribution < 1.29 is 23.4 Å². The molecule has 6 nitrogen and oxygen atoms in total. The van der Waals surface area contributed by atoms with E-state index in [4.69, 9.17) is 4.74 Å². The molecule has 3 rings (SSSR count). The van der Waals surface area contributed by atoms with Gasteiger partial charge < -0.3 is 15.2 Å². The summed E-state index contributed by atoms with van der Waals surface area (Å²) in [6.07, 6.45) is 3.97. The van der Waals surface area contributed by atoms with Gasteiger partial charge in [0.05, 0.1) is 25.5 Å². The molecule has 2 aromatic rings. The molecular formula is C17H19F2N3O3. The van der Waals surface area contributed by atoms with Crippen LogP contribution in [-0.2, 0) is 7.05 Å². The molecule has 1 amide bonds. The number of hydrogen-bond acceptors (Lipinski definition) is 4. The Morgan fingerprint density at radius 2 is 2.16 bits per heavy atom. The molecule has 1 unspecified atom stereocenters. The van der Waals surface area contributed by atoms with E-state index < -0.39 is 35.3 Å². The highest BCUT2D eigenvalue weighted by atomic mass is 19.2. The number of nitrogens with one attached hydrogen (secondary N) is 1. The summed E-state index contributed by atoms with van der Waals surface area (Å²) in [4.78, 5) is 12.6. The van der Waals surface area contributed by atoms with E-state index in [9.17, 15) is 18.7 Å². The van der Waals surface area contributed by atoms with Gasteiger partial charge in [-0.2, -0.15) is 5.10 Å².